The molecule has 0 aromatic carbocycles. The molecule has 1 amide bonds. The van der Waals surface area contributed by atoms with E-state index in [-0.39, 0.29) is 17.9 Å². The SMILES string of the molecule is CCC(C)C(N)C(=O)N1CCC(C2CCN(C)CC2)C1. The minimum atomic E-state index is -0.309. The third-order valence-corrected chi connectivity index (χ3v) is 5.51. The maximum atomic E-state index is 12.4. The molecule has 4 heteroatoms. The smallest absolute Gasteiger partial charge is 0.239 e. The molecule has 2 fully saturated rings. The lowest BCUT2D eigenvalue weighted by atomic mass is 9.84. The number of nitrogens with zero attached hydrogens (tertiary/aromatic N) is 2. The first kappa shape index (κ1) is 15.8. The average Bonchev–Trinajstić information content (AvgIpc) is 2.95. The highest BCUT2D eigenvalue weighted by atomic mass is 16.2. The number of hydrogen-bond acceptors (Lipinski definition) is 3. The molecule has 0 bridgehead atoms. The summed E-state index contributed by atoms with van der Waals surface area (Å²) in [7, 11) is 2.20. The maximum absolute atomic E-state index is 12.4. The summed E-state index contributed by atoms with van der Waals surface area (Å²) in [6.07, 6.45) is 4.73. The second-order valence-electron chi connectivity index (χ2n) is 6.89. The van der Waals surface area contributed by atoms with Gasteiger partial charge in [-0.1, -0.05) is 20.3 Å². The number of likely N-dealkylation sites (tertiary alicyclic amines) is 2. The Morgan fingerprint density at radius 1 is 1.20 bits per heavy atom. The van der Waals surface area contributed by atoms with E-state index in [1.165, 1.54) is 32.4 Å². The van der Waals surface area contributed by atoms with E-state index in [0.717, 1.165) is 25.4 Å². The normalized spacial score (nSPS) is 28.6. The van der Waals surface area contributed by atoms with Gasteiger partial charge in [-0.3, -0.25) is 4.79 Å². The van der Waals surface area contributed by atoms with Crippen LogP contribution in [0.1, 0.15) is 39.5 Å². The molecular weight excluding hydrogens is 250 g/mol. The van der Waals surface area contributed by atoms with Gasteiger partial charge < -0.3 is 15.5 Å². The minimum Gasteiger partial charge on any atom is -0.341 e. The van der Waals surface area contributed by atoms with Crippen LogP contribution < -0.4 is 5.73 Å². The zero-order chi connectivity index (χ0) is 14.7. The number of rotatable bonds is 4. The van der Waals surface area contributed by atoms with Crippen molar-refractivity contribution >= 4 is 5.91 Å². The van der Waals surface area contributed by atoms with Crippen molar-refractivity contribution in [3.05, 3.63) is 0 Å². The van der Waals surface area contributed by atoms with Crippen LogP contribution >= 0.6 is 0 Å². The van der Waals surface area contributed by atoms with Crippen LogP contribution in [-0.4, -0.2) is 55.0 Å². The Bertz CT molecular complexity index is 326. The molecule has 0 saturated carbocycles. The monoisotopic (exact) mass is 281 g/mol. The highest BCUT2D eigenvalue weighted by Crippen LogP contribution is 2.31. The van der Waals surface area contributed by atoms with Gasteiger partial charge in [0, 0.05) is 13.1 Å². The van der Waals surface area contributed by atoms with Gasteiger partial charge in [-0.25, -0.2) is 0 Å². The van der Waals surface area contributed by atoms with Gasteiger partial charge in [-0.05, 0) is 57.2 Å². The number of amides is 1. The summed E-state index contributed by atoms with van der Waals surface area (Å²) in [5, 5.41) is 0. The van der Waals surface area contributed by atoms with Crippen LogP contribution in [0.15, 0.2) is 0 Å². The quantitative estimate of drug-likeness (QED) is 0.850. The third-order valence-electron chi connectivity index (χ3n) is 5.51. The second-order valence-corrected chi connectivity index (χ2v) is 6.89. The second kappa shape index (κ2) is 6.90. The number of hydrogen-bond donors (Lipinski definition) is 1. The molecule has 3 atom stereocenters. The van der Waals surface area contributed by atoms with E-state index in [4.69, 9.17) is 5.73 Å². The Kier molecular flexibility index (Phi) is 5.44. The molecule has 0 aliphatic carbocycles. The van der Waals surface area contributed by atoms with E-state index in [0.29, 0.717) is 5.92 Å². The van der Waals surface area contributed by atoms with Gasteiger partial charge in [-0.2, -0.15) is 0 Å². The molecule has 2 aliphatic heterocycles. The molecule has 2 N–H and O–H groups in total. The summed E-state index contributed by atoms with van der Waals surface area (Å²) in [5.41, 5.74) is 6.10. The lowest BCUT2D eigenvalue weighted by Gasteiger charge is -2.32. The Hall–Kier alpha value is -0.610. The van der Waals surface area contributed by atoms with Crippen molar-refractivity contribution in [2.45, 2.75) is 45.6 Å². The molecule has 0 spiro atoms. The summed E-state index contributed by atoms with van der Waals surface area (Å²) in [5.74, 6) is 1.97. The fourth-order valence-electron chi connectivity index (χ4n) is 3.58. The van der Waals surface area contributed by atoms with Gasteiger partial charge >= 0.3 is 0 Å². The number of carbonyl (C=O) groups excluding carboxylic acids is 1. The summed E-state index contributed by atoms with van der Waals surface area (Å²) >= 11 is 0. The van der Waals surface area contributed by atoms with Gasteiger partial charge in [0.1, 0.15) is 0 Å². The fraction of sp³-hybridized carbons (Fsp3) is 0.938. The molecule has 2 aliphatic rings. The molecule has 0 aromatic rings. The minimum absolute atomic E-state index is 0.176. The molecule has 4 nitrogen and oxygen atoms in total. The van der Waals surface area contributed by atoms with Crippen LogP contribution in [0.2, 0.25) is 0 Å². The van der Waals surface area contributed by atoms with Gasteiger partial charge in [-0.15, -0.1) is 0 Å². The Morgan fingerprint density at radius 2 is 1.80 bits per heavy atom. The zero-order valence-electron chi connectivity index (χ0n) is 13.3. The highest BCUT2D eigenvalue weighted by molar-refractivity contribution is 5.82. The van der Waals surface area contributed by atoms with Crippen LogP contribution in [-0.2, 0) is 4.79 Å². The third kappa shape index (κ3) is 3.53. The van der Waals surface area contributed by atoms with E-state index >= 15 is 0 Å². The first-order valence-corrected chi connectivity index (χ1v) is 8.25. The predicted octanol–water partition coefficient (Wildman–Crippen LogP) is 1.55. The van der Waals surface area contributed by atoms with Gasteiger partial charge in [0.05, 0.1) is 6.04 Å². The Balaban J connectivity index is 1.84. The molecule has 0 aromatic heterocycles. The van der Waals surface area contributed by atoms with Crippen molar-refractivity contribution < 1.29 is 4.79 Å². The molecule has 2 saturated heterocycles. The highest BCUT2D eigenvalue weighted by Gasteiger charge is 2.35. The number of nitrogens with two attached hydrogens (primary N) is 1. The molecule has 20 heavy (non-hydrogen) atoms. The molecular formula is C16H31N3O. The standard InChI is InChI=1S/C16H31N3O/c1-4-12(2)15(17)16(20)19-10-7-14(11-19)13-5-8-18(3)9-6-13/h12-15H,4-11,17H2,1-3H3. The van der Waals surface area contributed by atoms with Gasteiger partial charge in [0.25, 0.3) is 0 Å². The summed E-state index contributed by atoms with van der Waals surface area (Å²) in [6.45, 7) is 8.45. The molecule has 2 heterocycles. The molecule has 2 rings (SSSR count). The largest absolute Gasteiger partial charge is 0.341 e. The first-order chi connectivity index (χ1) is 9.52. The number of piperidine rings is 1. The van der Waals surface area contributed by atoms with E-state index in [1.807, 2.05) is 4.90 Å². The van der Waals surface area contributed by atoms with Crippen LogP contribution in [0.25, 0.3) is 0 Å². The first-order valence-electron chi connectivity index (χ1n) is 8.25. The van der Waals surface area contributed by atoms with Crippen molar-refractivity contribution in [1.82, 2.24) is 9.80 Å². The van der Waals surface area contributed by atoms with Gasteiger partial charge in [0.15, 0.2) is 0 Å². The molecule has 116 valence electrons. The lowest BCUT2D eigenvalue weighted by molar-refractivity contribution is -0.132. The van der Waals surface area contributed by atoms with Crippen molar-refractivity contribution in [3.8, 4) is 0 Å². The van der Waals surface area contributed by atoms with E-state index in [1.54, 1.807) is 0 Å². The zero-order valence-corrected chi connectivity index (χ0v) is 13.3. The van der Waals surface area contributed by atoms with Crippen molar-refractivity contribution in [1.29, 1.82) is 0 Å². The van der Waals surface area contributed by atoms with Gasteiger partial charge in [0.2, 0.25) is 5.91 Å². The summed E-state index contributed by atoms with van der Waals surface area (Å²) < 4.78 is 0. The van der Waals surface area contributed by atoms with Crippen LogP contribution in [0, 0.1) is 17.8 Å². The maximum Gasteiger partial charge on any atom is 0.239 e. The molecule has 3 unspecified atom stereocenters. The summed E-state index contributed by atoms with van der Waals surface area (Å²) in [6, 6.07) is -0.309. The van der Waals surface area contributed by atoms with E-state index in [9.17, 15) is 4.79 Å². The van der Waals surface area contributed by atoms with E-state index in [2.05, 4.69) is 25.8 Å². The predicted molar refractivity (Wildman–Crippen MR) is 82.3 cm³/mol. The Labute approximate surface area is 123 Å². The van der Waals surface area contributed by atoms with Crippen molar-refractivity contribution in [3.63, 3.8) is 0 Å². The summed E-state index contributed by atoms with van der Waals surface area (Å²) in [4.78, 5) is 16.9. The van der Waals surface area contributed by atoms with Crippen molar-refractivity contribution in [2.24, 2.45) is 23.5 Å². The molecule has 0 radical (unpaired) electrons. The van der Waals surface area contributed by atoms with Crippen molar-refractivity contribution in [2.75, 3.05) is 33.2 Å². The Morgan fingerprint density at radius 3 is 2.40 bits per heavy atom. The van der Waals surface area contributed by atoms with Crippen LogP contribution in [0.5, 0.6) is 0 Å². The van der Waals surface area contributed by atoms with E-state index < -0.39 is 0 Å². The average molecular weight is 281 g/mol. The number of carbonyl (C=O) groups is 1. The van der Waals surface area contributed by atoms with Crippen LogP contribution in [0.4, 0.5) is 0 Å². The van der Waals surface area contributed by atoms with Crippen LogP contribution in [0.3, 0.4) is 0 Å². The fourth-order valence-corrected chi connectivity index (χ4v) is 3.58. The topological polar surface area (TPSA) is 49.6 Å². The lowest BCUT2D eigenvalue weighted by Crippen LogP contribution is -2.46.